The van der Waals surface area contributed by atoms with Crippen molar-refractivity contribution >= 4 is 0 Å². The number of hydrogen-bond donors (Lipinski definition) is 10. The Balaban J connectivity index is 1.80. The molecule has 0 aromatic carbocycles. The molecule has 3 rings (SSSR count). The lowest BCUT2D eigenvalue weighted by Gasteiger charge is -2.49. The number of nitrogens with two attached hydrogens (primary N) is 5. The van der Waals surface area contributed by atoms with Crippen LogP contribution in [-0.2, 0) is 23.7 Å². The van der Waals surface area contributed by atoms with Crippen molar-refractivity contribution in [1.29, 1.82) is 0 Å². The summed E-state index contributed by atoms with van der Waals surface area (Å²) < 4.78 is 29.2. The molecule has 0 radical (unpaired) electrons. The molecule has 0 aromatic rings. The van der Waals surface area contributed by atoms with Crippen LogP contribution in [0.15, 0.2) is 0 Å². The molecule has 2 saturated heterocycles. The predicted molar refractivity (Wildman–Crippen MR) is 119 cm³/mol. The largest absolute Gasteiger partial charge is 0.394 e. The van der Waals surface area contributed by atoms with E-state index in [0.717, 1.165) is 0 Å². The molecule has 1 saturated carbocycles. The van der Waals surface area contributed by atoms with Gasteiger partial charge in [0.1, 0.15) is 36.6 Å². The molecule has 15 heteroatoms. The van der Waals surface area contributed by atoms with E-state index in [1.165, 1.54) is 0 Å². The first kappa shape index (κ1) is 29.0. The van der Waals surface area contributed by atoms with Crippen LogP contribution in [0, 0.1) is 0 Å². The highest BCUT2D eigenvalue weighted by molar-refractivity contribution is 5.02. The molecule has 3 aliphatic rings. The number of aliphatic hydroxyl groups is 5. The lowest BCUT2D eigenvalue weighted by atomic mass is 9.84. The van der Waals surface area contributed by atoms with Gasteiger partial charge in [0.2, 0.25) is 0 Å². The molecule has 3 fully saturated rings. The summed E-state index contributed by atoms with van der Waals surface area (Å²) in [5.74, 6) is 0. The van der Waals surface area contributed by atoms with Crippen LogP contribution in [-0.4, -0.2) is 137 Å². The summed E-state index contributed by atoms with van der Waals surface area (Å²) in [5.41, 5.74) is 30.4. The van der Waals surface area contributed by atoms with Gasteiger partial charge in [-0.05, 0) is 12.8 Å². The fourth-order valence-corrected chi connectivity index (χ4v) is 4.78. The van der Waals surface area contributed by atoms with Crippen molar-refractivity contribution < 1.29 is 49.2 Å². The van der Waals surface area contributed by atoms with Crippen molar-refractivity contribution in [2.24, 2.45) is 28.7 Å². The molecule has 2 heterocycles. The maximum absolute atomic E-state index is 10.5. The molecule has 0 amide bonds. The zero-order chi connectivity index (χ0) is 25.9. The Morgan fingerprint density at radius 3 is 1.91 bits per heavy atom. The Bertz CT molecular complexity index is 653. The first-order valence-corrected chi connectivity index (χ1v) is 11.8. The minimum atomic E-state index is -1.43. The van der Waals surface area contributed by atoms with Crippen molar-refractivity contribution in [1.82, 2.24) is 0 Å². The minimum absolute atomic E-state index is 0.0561. The van der Waals surface area contributed by atoms with Crippen LogP contribution >= 0.6 is 0 Å². The topological polar surface area (TPSA) is 277 Å². The van der Waals surface area contributed by atoms with Gasteiger partial charge in [-0.3, -0.25) is 0 Å². The SMILES string of the molecule is NC[C@H]1O[C@H](O[C@@H]2[C@@H](OCCO)[C@H](O[C@H]3O[C@H](CO)[C@@H](O)[C@H](N)[C@H]3O)[C@@H](N)C[C@H]2N)[C@H](N)C[C@@H]1O. The third kappa shape index (κ3) is 6.46. The molecule has 0 unspecified atom stereocenters. The van der Waals surface area contributed by atoms with Crippen LogP contribution in [0.2, 0.25) is 0 Å². The van der Waals surface area contributed by atoms with Gasteiger partial charge >= 0.3 is 0 Å². The van der Waals surface area contributed by atoms with Crippen molar-refractivity contribution in [3.8, 4) is 0 Å². The monoisotopic (exact) mass is 511 g/mol. The van der Waals surface area contributed by atoms with E-state index in [-0.39, 0.29) is 32.6 Å². The molecular weight excluding hydrogens is 470 g/mol. The van der Waals surface area contributed by atoms with Gasteiger partial charge in [0, 0.05) is 18.6 Å². The molecule has 15 N–H and O–H groups in total. The van der Waals surface area contributed by atoms with Crippen molar-refractivity contribution in [2.45, 2.75) is 98.4 Å². The third-order valence-corrected chi connectivity index (χ3v) is 6.79. The lowest BCUT2D eigenvalue weighted by molar-refractivity contribution is -0.318. The van der Waals surface area contributed by atoms with E-state index in [0.29, 0.717) is 0 Å². The Kier molecular flexibility index (Phi) is 10.6. The normalized spacial score (nSPS) is 49.2. The summed E-state index contributed by atoms with van der Waals surface area (Å²) in [6, 6.07) is -3.16. The highest BCUT2D eigenvalue weighted by Gasteiger charge is 2.51. The van der Waals surface area contributed by atoms with Crippen LogP contribution in [0.4, 0.5) is 0 Å². The Hall–Kier alpha value is -0.600. The van der Waals surface area contributed by atoms with Gasteiger partial charge in [0.05, 0.1) is 44.1 Å². The van der Waals surface area contributed by atoms with E-state index in [1.807, 2.05) is 0 Å². The van der Waals surface area contributed by atoms with Crippen molar-refractivity contribution in [3.63, 3.8) is 0 Å². The Morgan fingerprint density at radius 2 is 1.34 bits per heavy atom. The van der Waals surface area contributed by atoms with E-state index >= 15 is 0 Å². The van der Waals surface area contributed by atoms with Crippen LogP contribution in [0.3, 0.4) is 0 Å². The molecule has 0 bridgehead atoms. The van der Waals surface area contributed by atoms with Crippen LogP contribution in [0.1, 0.15) is 12.8 Å². The van der Waals surface area contributed by atoms with Gasteiger partial charge in [-0.1, -0.05) is 0 Å². The van der Waals surface area contributed by atoms with Crippen LogP contribution < -0.4 is 28.7 Å². The third-order valence-electron chi connectivity index (χ3n) is 6.79. The summed E-state index contributed by atoms with van der Waals surface area (Å²) >= 11 is 0. The number of hydrogen-bond acceptors (Lipinski definition) is 15. The van der Waals surface area contributed by atoms with E-state index in [2.05, 4.69) is 0 Å². The van der Waals surface area contributed by atoms with Gasteiger partial charge in [-0.2, -0.15) is 0 Å². The molecule has 0 spiro atoms. The maximum Gasteiger partial charge on any atom is 0.186 e. The van der Waals surface area contributed by atoms with E-state index in [4.69, 9.17) is 52.4 Å². The van der Waals surface area contributed by atoms with Gasteiger partial charge in [0.25, 0.3) is 0 Å². The zero-order valence-corrected chi connectivity index (χ0v) is 19.5. The Morgan fingerprint density at radius 1 is 0.743 bits per heavy atom. The molecule has 206 valence electrons. The molecule has 15 nitrogen and oxygen atoms in total. The van der Waals surface area contributed by atoms with Gasteiger partial charge < -0.3 is 77.9 Å². The van der Waals surface area contributed by atoms with Crippen molar-refractivity contribution in [3.05, 3.63) is 0 Å². The second kappa shape index (κ2) is 12.8. The number of rotatable bonds is 9. The molecule has 0 aromatic heterocycles. The highest BCUT2D eigenvalue weighted by atomic mass is 16.7. The Labute approximate surface area is 203 Å². The first-order valence-electron chi connectivity index (χ1n) is 11.8. The molecule has 35 heavy (non-hydrogen) atoms. The summed E-state index contributed by atoms with van der Waals surface area (Å²) in [5, 5.41) is 49.6. The number of ether oxygens (including phenoxy) is 5. The molecule has 1 aliphatic carbocycles. The molecule has 2 aliphatic heterocycles. The van der Waals surface area contributed by atoms with E-state index in [9.17, 15) is 25.5 Å². The van der Waals surface area contributed by atoms with E-state index in [1.54, 1.807) is 0 Å². The van der Waals surface area contributed by atoms with Crippen LogP contribution in [0.25, 0.3) is 0 Å². The summed E-state index contributed by atoms with van der Waals surface area (Å²) in [6.45, 7) is -0.907. The fourth-order valence-electron chi connectivity index (χ4n) is 4.78. The average Bonchev–Trinajstić information content (AvgIpc) is 2.82. The summed E-state index contributed by atoms with van der Waals surface area (Å²) in [4.78, 5) is 0. The van der Waals surface area contributed by atoms with Crippen molar-refractivity contribution in [2.75, 3.05) is 26.4 Å². The summed E-state index contributed by atoms with van der Waals surface area (Å²) in [7, 11) is 0. The highest BCUT2D eigenvalue weighted by Crippen LogP contribution is 2.32. The standard InChI is InChI=1S/C20H41N5O10/c21-5-11-10(28)4-9(24)19(32-11)34-16-7(22)3-8(23)17(18(16)31-2-1-26)35-20-15(30)13(25)14(29)12(6-27)33-20/h7-20,26-30H,1-6,21-25H2/t7-,8+,9-,10+,11-,12-,13+,14-,15-,16+,17-,18-,19-,20-/m1/s1. The van der Waals surface area contributed by atoms with E-state index < -0.39 is 92.2 Å². The number of aliphatic hydroxyl groups excluding tert-OH is 5. The van der Waals surface area contributed by atoms with Gasteiger partial charge in [0.15, 0.2) is 12.6 Å². The second-order valence-corrected chi connectivity index (χ2v) is 9.35. The smallest absolute Gasteiger partial charge is 0.186 e. The predicted octanol–water partition coefficient (Wildman–Crippen LogP) is -6.28. The fraction of sp³-hybridized carbons (Fsp3) is 1.00. The summed E-state index contributed by atoms with van der Waals surface area (Å²) in [6.07, 6.45) is -10.0. The minimum Gasteiger partial charge on any atom is -0.394 e. The van der Waals surface area contributed by atoms with Crippen LogP contribution in [0.5, 0.6) is 0 Å². The van der Waals surface area contributed by atoms with Gasteiger partial charge in [-0.15, -0.1) is 0 Å². The molecular formula is C20H41N5O10. The second-order valence-electron chi connectivity index (χ2n) is 9.35. The van der Waals surface area contributed by atoms with Gasteiger partial charge in [-0.25, -0.2) is 0 Å². The quantitative estimate of drug-likeness (QED) is 0.138. The average molecular weight is 512 g/mol. The first-order chi connectivity index (χ1) is 16.6. The molecule has 14 atom stereocenters. The lowest BCUT2D eigenvalue weighted by Crippen LogP contribution is -2.68. The maximum atomic E-state index is 10.5. The zero-order valence-electron chi connectivity index (χ0n) is 19.5.